The van der Waals surface area contributed by atoms with Crippen molar-refractivity contribution in [1.29, 1.82) is 0 Å². The quantitative estimate of drug-likeness (QED) is 0.479. The molecule has 10 nitrogen and oxygen atoms in total. The van der Waals surface area contributed by atoms with E-state index in [0.717, 1.165) is 11.0 Å². The number of benzene rings is 2. The van der Waals surface area contributed by atoms with Gasteiger partial charge in [0.1, 0.15) is 11.5 Å². The van der Waals surface area contributed by atoms with Crippen molar-refractivity contribution in [2.24, 2.45) is 4.99 Å². The molecule has 1 aliphatic rings. The molecule has 1 aliphatic heterocycles. The fourth-order valence-corrected chi connectivity index (χ4v) is 3.29. The second-order valence-corrected chi connectivity index (χ2v) is 7.44. The van der Waals surface area contributed by atoms with Gasteiger partial charge in [0.15, 0.2) is 0 Å². The Bertz CT molecular complexity index is 1120. The van der Waals surface area contributed by atoms with Gasteiger partial charge in [0.25, 0.3) is 5.69 Å². The summed E-state index contributed by atoms with van der Waals surface area (Å²) in [5.74, 6) is -1.27. The number of nitrogens with zero attached hydrogens (tertiary/aromatic N) is 3. The first-order valence-corrected chi connectivity index (χ1v) is 9.25. The van der Waals surface area contributed by atoms with Gasteiger partial charge in [-0.2, -0.15) is 0 Å². The van der Waals surface area contributed by atoms with E-state index in [1.807, 2.05) is 0 Å². The predicted octanol–water partition coefficient (Wildman–Crippen LogP) is 3.83. The van der Waals surface area contributed by atoms with Gasteiger partial charge in [-0.25, -0.2) is 14.2 Å². The largest absolute Gasteiger partial charge is 0.465 e. The van der Waals surface area contributed by atoms with Crippen LogP contribution in [0.1, 0.15) is 18.9 Å². The standard InChI is InChI=1S/C19H17ClFN5O5/c1-19(9-16(27)25(2)17(24-19)23-18(28)29)10-3-5-12(21)13(7-10)22-14-8-11(20)4-6-15(14)26(30)31/h3-8,22H,9H2,1-2H3,(H,23,24)(H,28,29)/t19-/m0/s1. The highest BCUT2D eigenvalue weighted by Gasteiger charge is 2.38. The Hall–Kier alpha value is -3.73. The van der Waals surface area contributed by atoms with E-state index >= 15 is 0 Å². The predicted molar refractivity (Wildman–Crippen MR) is 111 cm³/mol. The number of amides is 2. The molecule has 3 rings (SSSR count). The summed E-state index contributed by atoms with van der Waals surface area (Å²) < 4.78 is 14.5. The number of nitro benzene ring substituents is 1. The highest BCUT2D eigenvalue weighted by molar-refractivity contribution is 6.31. The molecule has 0 radical (unpaired) electrons. The maximum atomic E-state index is 14.5. The highest BCUT2D eigenvalue weighted by Crippen LogP contribution is 2.37. The Morgan fingerprint density at radius 3 is 2.68 bits per heavy atom. The molecule has 1 atom stereocenters. The fourth-order valence-electron chi connectivity index (χ4n) is 3.12. The number of carboxylic acid groups (broad SMARTS) is 1. The van der Waals surface area contributed by atoms with Crippen LogP contribution in [0.4, 0.5) is 26.2 Å². The van der Waals surface area contributed by atoms with Crippen LogP contribution in [-0.4, -0.2) is 39.9 Å². The number of rotatable bonds is 4. The minimum absolute atomic E-state index is 0.0186. The van der Waals surface area contributed by atoms with Crippen LogP contribution in [-0.2, 0) is 10.3 Å². The number of anilines is 2. The van der Waals surface area contributed by atoms with E-state index in [1.165, 1.54) is 37.4 Å². The first kappa shape index (κ1) is 22.0. The van der Waals surface area contributed by atoms with E-state index in [2.05, 4.69) is 15.6 Å². The van der Waals surface area contributed by atoms with Crippen LogP contribution in [0.15, 0.2) is 41.4 Å². The van der Waals surface area contributed by atoms with Gasteiger partial charge in [0.05, 0.1) is 22.6 Å². The summed E-state index contributed by atoms with van der Waals surface area (Å²) in [4.78, 5) is 39.5. The first-order chi connectivity index (χ1) is 14.5. The molecule has 2 amide bonds. The summed E-state index contributed by atoms with van der Waals surface area (Å²) >= 11 is 5.92. The van der Waals surface area contributed by atoms with Crippen LogP contribution in [0.3, 0.4) is 0 Å². The summed E-state index contributed by atoms with van der Waals surface area (Å²) in [6.07, 6.45) is -1.49. The molecule has 0 bridgehead atoms. The number of hydrogen-bond donors (Lipinski definition) is 3. The second kappa shape index (κ2) is 8.19. The molecule has 2 aromatic carbocycles. The average Bonchev–Trinajstić information content (AvgIpc) is 2.67. The zero-order valence-corrected chi connectivity index (χ0v) is 17.1. The van der Waals surface area contributed by atoms with Crippen molar-refractivity contribution < 1.29 is 24.0 Å². The Morgan fingerprint density at radius 2 is 2.03 bits per heavy atom. The number of carbonyl (C=O) groups is 2. The van der Waals surface area contributed by atoms with Gasteiger partial charge in [-0.05, 0) is 36.8 Å². The normalized spacial score (nSPS) is 18.4. The number of aliphatic imine (C=N–C) groups is 1. The number of halogens is 2. The van der Waals surface area contributed by atoms with E-state index < -0.39 is 28.3 Å². The van der Waals surface area contributed by atoms with Gasteiger partial charge >= 0.3 is 6.09 Å². The lowest BCUT2D eigenvalue weighted by Gasteiger charge is -2.34. The van der Waals surface area contributed by atoms with E-state index in [-0.39, 0.29) is 34.5 Å². The minimum Gasteiger partial charge on any atom is -0.465 e. The van der Waals surface area contributed by atoms with Gasteiger partial charge < -0.3 is 10.4 Å². The molecular weight excluding hydrogens is 433 g/mol. The third-order valence-corrected chi connectivity index (χ3v) is 5.01. The van der Waals surface area contributed by atoms with Crippen molar-refractivity contribution in [3.8, 4) is 0 Å². The third-order valence-electron chi connectivity index (χ3n) is 4.77. The average molecular weight is 450 g/mol. The van der Waals surface area contributed by atoms with Crippen LogP contribution < -0.4 is 10.6 Å². The minimum atomic E-state index is -1.39. The van der Waals surface area contributed by atoms with Crippen molar-refractivity contribution >= 4 is 46.6 Å². The summed E-state index contributed by atoms with van der Waals surface area (Å²) in [7, 11) is 1.38. The summed E-state index contributed by atoms with van der Waals surface area (Å²) in [6, 6.07) is 7.72. The van der Waals surface area contributed by atoms with E-state index in [4.69, 9.17) is 16.7 Å². The summed E-state index contributed by atoms with van der Waals surface area (Å²) in [6.45, 7) is 1.60. The van der Waals surface area contributed by atoms with E-state index in [1.54, 1.807) is 6.92 Å². The van der Waals surface area contributed by atoms with Crippen LogP contribution in [0.25, 0.3) is 0 Å². The molecule has 0 unspecified atom stereocenters. The lowest BCUT2D eigenvalue weighted by atomic mass is 9.87. The van der Waals surface area contributed by atoms with Crippen molar-refractivity contribution in [2.75, 3.05) is 12.4 Å². The molecule has 0 spiro atoms. The van der Waals surface area contributed by atoms with Gasteiger partial charge in [-0.1, -0.05) is 17.7 Å². The number of nitro groups is 1. The topological polar surface area (TPSA) is 137 Å². The van der Waals surface area contributed by atoms with E-state index in [0.29, 0.717) is 5.56 Å². The number of nitrogens with one attached hydrogen (secondary N) is 2. The molecule has 3 N–H and O–H groups in total. The highest BCUT2D eigenvalue weighted by atomic mass is 35.5. The molecule has 0 aromatic heterocycles. The van der Waals surface area contributed by atoms with E-state index in [9.17, 15) is 24.1 Å². The molecule has 0 aliphatic carbocycles. The number of carbonyl (C=O) groups excluding carboxylic acids is 1. The van der Waals surface area contributed by atoms with Gasteiger partial charge in [-0.3, -0.25) is 25.1 Å². The van der Waals surface area contributed by atoms with Crippen molar-refractivity contribution in [3.63, 3.8) is 0 Å². The monoisotopic (exact) mass is 449 g/mol. The zero-order chi connectivity index (χ0) is 22.9. The SMILES string of the molecule is CN1C(=O)C[C@@](C)(c2ccc(F)c(Nc3cc(Cl)ccc3[N+](=O)[O-])c2)N=C1NC(=O)O. The Kier molecular flexibility index (Phi) is 5.80. The van der Waals surface area contributed by atoms with Crippen molar-refractivity contribution in [1.82, 2.24) is 10.2 Å². The molecule has 31 heavy (non-hydrogen) atoms. The van der Waals surface area contributed by atoms with Gasteiger partial charge in [0.2, 0.25) is 11.9 Å². The molecule has 0 saturated heterocycles. The maximum Gasteiger partial charge on any atom is 0.411 e. The lowest BCUT2D eigenvalue weighted by molar-refractivity contribution is -0.383. The second-order valence-electron chi connectivity index (χ2n) is 7.01. The van der Waals surface area contributed by atoms with Crippen molar-refractivity contribution in [2.45, 2.75) is 18.9 Å². The van der Waals surface area contributed by atoms with Gasteiger partial charge in [-0.15, -0.1) is 0 Å². The van der Waals surface area contributed by atoms with Crippen LogP contribution in [0.5, 0.6) is 0 Å². The first-order valence-electron chi connectivity index (χ1n) is 8.87. The Morgan fingerprint density at radius 1 is 1.32 bits per heavy atom. The fraction of sp³-hybridized carbons (Fsp3) is 0.211. The zero-order valence-electron chi connectivity index (χ0n) is 16.3. The molecule has 162 valence electrons. The molecule has 2 aromatic rings. The van der Waals surface area contributed by atoms with Crippen LogP contribution >= 0.6 is 11.6 Å². The number of guanidine groups is 1. The number of hydrogen-bond acceptors (Lipinski definition) is 6. The summed E-state index contributed by atoms with van der Waals surface area (Å²) in [5.41, 5.74) is -1.23. The van der Waals surface area contributed by atoms with Crippen molar-refractivity contribution in [3.05, 3.63) is 62.9 Å². The molecule has 12 heteroatoms. The third kappa shape index (κ3) is 4.56. The molecule has 0 fully saturated rings. The Balaban J connectivity index is 2.04. The Labute approximate surface area is 180 Å². The molecular formula is C19H17ClFN5O5. The summed E-state index contributed by atoms with van der Waals surface area (Å²) in [5, 5.41) is 25.2. The lowest BCUT2D eigenvalue weighted by Crippen LogP contribution is -2.51. The van der Waals surface area contributed by atoms with Gasteiger partial charge in [0, 0.05) is 18.1 Å². The smallest absolute Gasteiger partial charge is 0.411 e. The molecule has 0 saturated carbocycles. The molecule has 1 heterocycles. The maximum absolute atomic E-state index is 14.5. The van der Waals surface area contributed by atoms with Crippen LogP contribution in [0.2, 0.25) is 5.02 Å². The van der Waals surface area contributed by atoms with Crippen LogP contribution in [0, 0.1) is 15.9 Å².